The summed E-state index contributed by atoms with van der Waals surface area (Å²) in [5.41, 5.74) is 3.38. The van der Waals surface area contributed by atoms with Crippen LogP contribution in [0, 0.1) is 0 Å². The van der Waals surface area contributed by atoms with Crippen molar-refractivity contribution in [2.75, 3.05) is 7.11 Å². The van der Waals surface area contributed by atoms with Crippen LogP contribution in [0.15, 0.2) is 24.3 Å². The van der Waals surface area contributed by atoms with Crippen molar-refractivity contribution in [3.8, 4) is 17.0 Å². The summed E-state index contributed by atoms with van der Waals surface area (Å²) in [6, 6.07) is 7.63. The molecular weight excluding hydrogens is 256 g/mol. The molecule has 5 nitrogen and oxygen atoms in total. The summed E-state index contributed by atoms with van der Waals surface area (Å²) in [6.07, 6.45) is -0.0554. The Morgan fingerprint density at radius 3 is 2.75 bits per heavy atom. The summed E-state index contributed by atoms with van der Waals surface area (Å²) in [7, 11) is 1.65. The summed E-state index contributed by atoms with van der Waals surface area (Å²) in [4.78, 5) is 10.7. The van der Waals surface area contributed by atoms with Gasteiger partial charge in [-0.25, -0.2) is 0 Å². The maximum Gasteiger partial charge on any atom is 0.309 e. The van der Waals surface area contributed by atoms with E-state index in [4.69, 9.17) is 9.84 Å². The lowest BCUT2D eigenvalue weighted by atomic mass is 9.98. The van der Waals surface area contributed by atoms with Gasteiger partial charge in [0.05, 0.1) is 19.2 Å². The quantitative estimate of drug-likeness (QED) is 0.879. The molecule has 0 saturated carbocycles. The molecule has 1 aromatic carbocycles. The lowest BCUT2D eigenvalue weighted by Crippen LogP contribution is -1.99. The number of benzene rings is 1. The van der Waals surface area contributed by atoms with E-state index in [2.05, 4.69) is 24.0 Å². The number of ether oxygens (including phenoxy) is 1. The topological polar surface area (TPSA) is 75.2 Å². The maximum absolute atomic E-state index is 10.7. The van der Waals surface area contributed by atoms with E-state index in [0.29, 0.717) is 11.6 Å². The highest BCUT2D eigenvalue weighted by molar-refractivity contribution is 5.71. The second kappa shape index (κ2) is 5.77. The van der Waals surface area contributed by atoms with Gasteiger partial charge < -0.3 is 9.84 Å². The highest BCUT2D eigenvalue weighted by Crippen LogP contribution is 2.30. The van der Waals surface area contributed by atoms with Crippen LogP contribution >= 0.6 is 0 Å². The molecule has 0 unspecified atom stereocenters. The van der Waals surface area contributed by atoms with Crippen LogP contribution in [-0.2, 0) is 11.2 Å². The van der Waals surface area contributed by atoms with E-state index in [9.17, 15) is 4.79 Å². The second-order valence-electron chi connectivity index (χ2n) is 4.96. The van der Waals surface area contributed by atoms with E-state index in [0.717, 1.165) is 22.6 Å². The van der Waals surface area contributed by atoms with Crippen LogP contribution < -0.4 is 4.74 Å². The van der Waals surface area contributed by atoms with Crippen LogP contribution in [0.1, 0.15) is 31.0 Å². The molecule has 0 saturated heterocycles. The highest BCUT2D eigenvalue weighted by atomic mass is 16.5. The van der Waals surface area contributed by atoms with E-state index in [1.807, 2.05) is 18.2 Å². The molecule has 20 heavy (non-hydrogen) atoms. The Hall–Kier alpha value is -2.30. The first kappa shape index (κ1) is 14.1. The van der Waals surface area contributed by atoms with Gasteiger partial charge in [-0.2, -0.15) is 5.10 Å². The molecule has 0 fully saturated rings. The normalized spacial score (nSPS) is 10.8. The molecule has 0 radical (unpaired) electrons. The highest BCUT2D eigenvalue weighted by Gasteiger charge is 2.12. The number of carbonyl (C=O) groups is 1. The Kier molecular flexibility index (Phi) is 4.08. The van der Waals surface area contributed by atoms with Gasteiger partial charge in [0.15, 0.2) is 0 Å². The van der Waals surface area contributed by atoms with Gasteiger partial charge in [0.1, 0.15) is 5.75 Å². The van der Waals surface area contributed by atoms with Crippen LogP contribution in [0.2, 0.25) is 0 Å². The van der Waals surface area contributed by atoms with Gasteiger partial charge in [-0.1, -0.05) is 13.8 Å². The number of methoxy groups -OCH3 is 1. The SMILES string of the molecule is COc1ccc(-c2cc(CC(=O)O)[nH]n2)cc1C(C)C. The molecule has 0 atom stereocenters. The van der Waals surface area contributed by atoms with Crippen molar-refractivity contribution in [2.45, 2.75) is 26.2 Å². The molecule has 5 heteroatoms. The molecule has 0 aliphatic heterocycles. The fraction of sp³-hybridized carbons (Fsp3) is 0.333. The third kappa shape index (κ3) is 2.99. The maximum atomic E-state index is 10.7. The Morgan fingerprint density at radius 1 is 1.40 bits per heavy atom. The van der Waals surface area contributed by atoms with E-state index in [1.165, 1.54) is 0 Å². The Morgan fingerprint density at radius 2 is 2.15 bits per heavy atom. The number of H-pyrrole nitrogens is 1. The smallest absolute Gasteiger partial charge is 0.309 e. The first-order chi connectivity index (χ1) is 9.51. The number of carboxylic acids is 1. The summed E-state index contributed by atoms with van der Waals surface area (Å²) >= 11 is 0. The zero-order valence-corrected chi connectivity index (χ0v) is 11.8. The zero-order valence-electron chi connectivity index (χ0n) is 11.8. The standard InChI is InChI=1S/C15H18N2O3/c1-9(2)12-6-10(4-5-14(12)20-3)13-7-11(16-17-13)8-15(18)19/h4-7,9H,8H2,1-3H3,(H,16,17)(H,18,19). The molecule has 0 bridgehead atoms. The van der Waals surface area contributed by atoms with Gasteiger partial charge >= 0.3 is 5.97 Å². The largest absolute Gasteiger partial charge is 0.496 e. The third-order valence-electron chi connectivity index (χ3n) is 3.12. The van der Waals surface area contributed by atoms with Crippen molar-refractivity contribution in [3.63, 3.8) is 0 Å². The second-order valence-corrected chi connectivity index (χ2v) is 4.96. The van der Waals surface area contributed by atoms with Crippen molar-refractivity contribution in [2.24, 2.45) is 0 Å². The van der Waals surface area contributed by atoms with E-state index < -0.39 is 5.97 Å². The average molecular weight is 274 g/mol. The van der Waals surface area contributed by atoms with Crippen molar-refractivity contribution in [1.82, 2.24) is 10.2 Å². The van der Waals surface area contributed by atoms with Gasteiger partial charge in [0.2, 0.25) is 0 Å². The van der Waals surface area contributed by atoms with E-state index >= 15 is 0 Å². The first-order valence-corrected chi connectivity index (χ1v) is 6.45. The van der Waals surface area contributed by atoms with E-state index in [1.54, 1.807) is 13.2 Å². The molecule has 2 aromatic rings. The Labute approximate surface area is 117 Å². The number of hydrogen-bond donors (Lipinski definition) is 2. The minimum absolute atomic E-state index is 0.0554. The summed E-state index contributed by atoms with van der Waals surface area (Å²) in [5.74, 6) is 0.310. The molecule has 0 amide bonds. The fourth-order valence-electron chi connectivity index (χ4n) is 2.11. The number of hydrogen-bond acceptors (Lipinski definition) is 3. The molecule has 1 heterocycles. The number of aromatic nitrogens is 2. The van der Waals surface area contributed by atoms with E-state index in [-0.39, 0.29) is 6.42 Å². The summed E-state index contributed by atoms with van der Waals surface area (Å²) in [6.45, 7) is 4.20. The molecule has 106 valence electrons. The molecule has 0 spiro atoms. The number of nitrogens with one attached hydrogen (secondary N) is 1. The first-order valence-electron chi connectivity index (χ1n) is 6.45. The minimum atomic E-state index is -0.877. The van der Waals surface area contributed by atoms with Crippen LogP contribution in [0.3, 0.4) is 0 Å². The van der Waals surface area contributed by atoms with Crippen LogP contribution in [0.5, 0.6) is 5.75 Å². The monoisotopic (exact) mass is 274 g/mol. The van der Waals surface area contributed by atoms with Gasteiger partial charge in [0, 0.05) is 11.3 Å². The number of carboxylic acid groups (broad SMARTS) is 1. The van der Waals surface area contributed by atoms with Gasteiger partial charge in [-0.05, 0) is 35.7 Å². The number of nitrogens with zero attached hydrogens (tertiary/aromatic N) is 1. The fourth-order valence-corrected chi connectivity index (χ4v) is 2.11. The predicted octanol–water partition coefficient (Wildman–Crippen LogP) is 2.84. The van der Waals surface area contributed by atoms with Crippen molar-refractivity contribution >= 4 is 5.97 Å². The van der Waals surface area contributed by atoms with Crippen LogP contribution in [0.4, 0.5) is 0 Å². The Bertz CT molecular complexity index is 617. The van der Waals surface area contributed by atoms with Crippen LogP contribution in [-0.4, -0.2) is 28.4 Å². The van der Waals surface area contributed by atoms with Crippen molar-refractivity contribution < 1.29 is 14.6 Å². The third-order valence-corrected chi connectivity index (χ3v) is 3.12. The Balaban J connectivity index is 2.35. The molecule has 2 N–H and O–H groups in total. The van der Waals surface area contributed by atoms with Crippen molar-refractivity contribution in [1.29, 1.82) is 0 Å². The lowest BCUT2D eigenvalue weighted by molar-refractivity contribution is -0.136. The summed E-state index contributed by atoms with van der Waals surface area (Å²) < 4.78 is 5.35. The van der Waals surface area contributed by atoms with Gasteiger partial charge in [-0.3, -0.25) is 9.89 Å². The van der Waals surface area contributed by atoms with Gasteiger partial charge in [-0.15, -0.1) is 0 Å². The molecule has 0 aliphatic carbocycles. The number of rotatable bonds is 5. The molecule has 0 aliphatic rings. The average Bonchev–Trinajstić information content (AvgIpc) is 2.85. The molecular formula is C15H18N2O3. The molecule has 1 aromatic heterocycles. The summed E-state index contributed by atoms with van der Waals surface area (Å²) in [5, 5.41) is 15.7. The minimum Gasteiger partial charge on any atom is -0.496 e. The number of aliphatic carboxylic acids is 1. The van der Waals surface area contributed by atoms with Crippen LogP contribution in [0.25, 0.3) is 11.3 Å². The predicted molar refractivity (Wildman–Crippen MR) is 76.0 cm³/mol. The van der Waals surface area contributed by atoms with Crippen molar-refractivity contribution in [3.05, 3.63) is 35.5 Å². The zero-order chi connectivity index (χ0) is 14.7. The van der Waals surface area contributed by atoms with Gasteiger partial charge in [0.25, 0.3) is 0 Å². The number of aromatic amines is 1. The lowest BCUT2D eigenvalue weighted by Gasteiger charge is -2.12. The molecule has 2 rings (SSSR count).